The van der Waals surface area contributed by atoms with Gasteiger partial charge in [0.1, 0.15) is 0 Å². The fraction of sp³-hybridized carbons (Fsp3) is 0.455. The predicted molar refractivity (Wildman–Crippen MR) is 61.2 cm³/mol. The summed E-state index contributed by atoms with van der Waals surface area (Å²) in [6.45, 7) is 1.99. The Balaban J connectivity index is 2.04. The molecule has 1 fully saturated rings. The molecule has 2 rings (SSSR count). The van der Waals surface area contributed by atoms with Crippen LogP contribution < -0.4 is 0 Å². The van der Waals surface area contributed by atoms with Gasteiger partial charge in [-0.1, -0.05) is 12.1 Å². The molecule has 0 radical (unpaired) electrons. The van der Waals surface area contributed by atoms with Crippen molar-refractivity contribution in [3.63, 3.8) is 0 Å². The standard InChI is InChI=1S/C11H14FNO2S/c12-10-3-1-2-9(11(10)14)8-13-4-6-16(15)7-5-13/h1-3,14H,4-8H2. The molecule has 0 amide bonds. The lowest BCUT2D eigenvalue weighted by Crippen LogP contribution is -2.37. The van der Waals surface area contributed by atoms with Gasteiger partial charge in [0.15, 0.2) is 11.6 Å². The summed E-state index contributed by atoms with van der Waals surface area (Å²) in [5, 5.41) is 9.52. The first-order valence-electron chi connectivity index (χ1n) is 5.20. The van der Waals surface area contributed by atoms with Gasteiger partial charge in [0.05, 0.1) is 0 Å². The lowest BCUT2D eigenvalue weighted by Gasteiger charge is -2.26. The zero-order chi connectivity index (χ0) is 11.5. The molecule has 0 saturated carbocycles. The number of aromatic hydroxyl groups is 1. The fourth-order valence-electron chi connectivity index (χ4n) is 1.76. The highest BCUT2D eigenvalue weighted by Crippen LogP contribution is 2.22. The Kier molecular flexibility index (Phi) is 3.56. The third kappa shape index (κ3) is 2.59. The van der Waals surface area contributed by atoms with Crippen molar-refractivity contribution in [2.45, 2.75) is 6.54 Å². The molecule has 88 valence electrons. The van der Waals surface area contributed by atoms with Gasteiger partial charge in [0.25, 0.3) is 0 Å². The van der Waals surface area contributed by atoms with E-state index in [1.807, 2.05) is 0 Å². The molecule has 1 N–H and O–H groups in total. The SMILES string of the molecule is O=S1CCN(Cc2cccc(F)c2O)CC1. The number of rotatable bonds is 2. The number of benzene rings is 1. The van der Waals surface area contributed by atoms with E-state index in [4.69, 9.17) is 0 Å². The molecule has 1 saturated heterocycles. The van der Waals surface area contributed by atoms with Gasteiger partial charge in [0.2, 0.25) is 0 Å². The van der Waals surface area contributed by atoms with Gasteiger partial charge in [-0.05, 0) is 6.07 Å². The molecule has 3 nitrogen and oxygen atoms in total. The second kappa shape index (κ2) is 4.93. The Morgan fingerprint density at radius 3 is 2.75 bits per heavy atom. The maximum Gasteiger partial charge on any atom is 0.165 e. The monoisotopic (exact) mass is 243 g/mol. The number of phenolic OH excluding ortho intramolecular Hbond substituents is 1. The molecule has 1 aromatic rings. The zero-order valence-electron chi connectivity index (χ0n) is 8.86. The lowest BCUT2D eigenvalue weighted by atomic mass is 10.2. The summed E-state index contributed by atoms with van der Waals surface area (Å²) in [5.41, 5.74) is 0.590. The Labute approximate surface area is 96.3 Å². The van der Waals surface area contributed by atoms with E-state index in [1.165, 1.54) is 6.07 Å². The van der Waals surface area contributed by atoms with Crippen LogP contribution in [-0.4, -0.2) is 38.8 Å². The molecule has 16 heavy (non-hydrogen) atoms. The van der Waals surface area contributed by atoms with Gasteiger partial charge in [-0.25, -0.2) is 4.39 Å². The van der Waals surface area contributed by atoms with Crippen LogP contribution in [0.5, 0.6) is 5.75 Å². The van der Waals surface area contributed by atoms with Gasteiger partial charge in [-0.2, -0.15) is 0 Å². The normalized spacial score (nSPS) is 18.8. The van der Waals surface area contributed by atoms with Crippen molar-refractivity contribution in [1.82, 2.24) is 4.90 Å². The van der Waals surface area contributed by atoms with E-state index in [0.717, 1.165) is 13.1 Å². The first-order chi connectivity index (χ1) is 7.66. The van der Waals surface area contributed by atoms with Crippen LogP contribution >= 0.6 is 0 Å². The highest BCUT2D eigenvalue weighted by Gasteiger charge is 2.17. The van der Waals surface area contributed by atoms with E-state index >= 15 is 0 Å². The smallest absolute Gasteiger partial charge is 0.165 e. The molecule has 0 aromatic heterocycles. The third-order valence-electron chi connectivity index (χ3n) is 2.73. The molecular formula is C11H14FNO2S. The van der Waals surface area contributed by atoms with E-state index in [0.29, 0.717) is 23.6 Å². The highest BCUT2D eigenvalue weighted by atomic mass is 32.2. The van der Waals surface area contributed by atoms with Crippen LogP contribution in [0.2, 0.25) is 0 Å². The quantitative estimate of drug-likeness (QED) is 0.845. The summed E-state index contributed by atoms with van der Waals surface area (Å²) >= 11 is 0. The molecule has 0 spiro atoms. The van der Waals surface area contributed by atoms with Crippen molar-refractivity contribution in [2.75, 3.05) is 24.6 Å². The van der Waals surface area contributed by atoms with Crippen LogP contribution in [0, 0.1) is 5.82 Å². The van der Waals surface area contributed by atoms with Crippen molar-refractivity contribution in [3.8, 4) is 5.75 Å². The average molecular weight is 243 g/mol. The van der Waals surface area contributed by atoms with Crippen LogP contribution in [0.25, 0.3) is 0 Å². The van der Waals surface area contributed by atoms with Crippen LogP contribution in [0.3, 0.4) is 0 Å². The average Bonchev–Trinajstić information content (AvgIpc) is 2.28. The van der Waals surface area contributed by atoms with E-state index < -0.39 is 16.6 Å². The van der Waals surface area contributed by atoms with Crippen molar-refractivity contribution in [3.05, 3.63) is 29.6 Å². The first kappa shape index (κ1) is 11.5. The third-order valence-corrected chi connectivity index (χ3v) is 4.01. The summed E-state index contributed by atoms with van der Waals surface area (Å²) in [4.78, 5) is 2.08. The van der Waals surface area contributed by atoms with E-state index in [1.54, 1.807) is 12.1 Å². The molecule has 1 aromatic carbocycles. The second-order valence-electron chi connectivity index (χ2n) is 3.87. The molecule has 5 heteroatoms. The molecule has 0 bridgehead atoms. The van der Waals surface area contributed by atoms with Gasteiger partial charge < -0.3 is 5.11 Å². The van der Waals surface area contributed by atoms with E-state index in [9.17, 15) is 13.7 Å². The summed E-state index contributed by atoms with van der Waals surface area (Å²) < 4.78 is 24.2. The molecule has 0 atom stereocenters. The molecule has 1 aliphatic rings. The van der Waals surface area contributed by atoms with Crippen molar-refractivity contribution >= 4 is 10.8 Å². The number of para-hydroxylation sites is 1. The topological polar surface area (TPSA) is 40.5 Å². The van der Waals surface area contributed by atoms with Crippen LogP contribution in [0.15, 0.2) is 18.2 Å². The van der Waals surface area contributed by atoms with Crippen LogP contribution in [0.4, 0.5) is 4.39 Å². The number of hydrogen-bond donors (Lipinski definition) is 1. The summed E-state index contributed by atoms with van der Waals surface area (Å²) in [5.74, 6) is 0.471. The number of nitrogens with zero attached hydrogens (tertiary/aromatic N) is 1. The molecular weight excluding hydrogens is 229 g/mol. The number of halogens is 1. The Bertz CT molecular complexity index is 401. The van der Waals surface area contributed by atoms with Gasteiger partial charge >= 0.3 is 0 Å². The largest absolute Gasteiger partial charge is 0.505 e. The van der Waals surface area contributed by atoms with Gasteiger partial charge in [0, 0.05) is 47.5 Å². The minimum atomic E-state index is -0.707. The van der Waals surface area contributed by atoms with E-state index in [-0.39, 0.29) is 5.75 Å². The van der Waals surface area contributed by atoms with Gasteiger partial charge in [-0.3, -0.25) is 9.11 Å². The summed E-state index contributed by atoms with van der Waals surface area (Å²) in [6.07, 6.45) is 0. The second-order valence-corrected chi connectivity index (χ2v) is 5.57. The number of hydrogen-bond acceptors (Lipinski definition) is 3. The Hall–Kier alpha value is -0.940. The Morgan fingerprint density at radius 2 is 2.06 bits per heavy atom. The molecule has 1 aliphatic heterocycles. The van der Waals surface area contributed by atoms with Crippen LogP contribution in [-0.2, 0) is 17.3 Å². The summed E-state index contributed by atoms with van der Waals surface area (Å²) in [6, 6.07) is 4.54. The predicted octanol–water partition coefficient (Wildman–Crippen LogP) is 1.10. The Morgan fingerprint density at radius 1 is 1.38 bits per heavy atom. The zero-order valence-corrected chi connectivity index (χ0v) is 9.67. The minimum Gasteiger partial charge on any atom is -0.505 e. The van der Waals surface area contributed by atoms with E-state index in [2.05, 4.69) is 4.90 Å². The molecule has 0 unspecified atom stereocenters. The molecule has 0 aliphatic carbocycles. The fourth-order valence-corrected chi connectivity index (χ4v) is 2.89. The van der Waals surface area contributed by atoms with Crippen LogP contribution in [0.1, 0.15) is 5.56 Å². The minimum absolute atomic E-state index is 0.269. The van der Waals surface area contributed by atoms with Crippen molar-refractivity contribution < 1.29 is 13.7 Å². The molecule has 1 heterocycles. The highest BCUT2D eigenvalue weighted by molar-refractivity contribution is 7.85. The van der Waals surface area contributed by atoms with Gasteiger partial charge in [-0.15, -0.1) is 0 Å². The van der Waals surface area contributed by atoms with Crippen molar-refractivity contribution in [1.29, 1.82) is 0 Å². The maximum absolute atomic E-state index is 13.1. The lowest BCUT2D eigenvalue weighted by molar-refractivity contribution is 0.285. The maximum atomic E-state index is 13.1. The first-order valence-corrected chi connectivity index (χ1v) is 6.69. The number of phenols is 1. The van der Waals surface area contributed by atoms with Crippen molar-refractivity contribution in [2.24, 2.45) is 0 Å². The summed E-state index contributed by atoms with van der Waals surface area (Å²) in [7, 11) is -0.707.